The molecule has 1 aromatic rings. The van der Waals surface area contributed by atoms with Crippen LogP contribution in [0.1, 0.15) is 33.6 Å². The molecule has 0 fully saturated rings. The Morgan fingerprint density at radius 2 is 1.50 bits per heavy atom. The van der Waals surface area contributed by atoms with Crippen molar-refractivity contribution < 1.29 is 5.11 Å². The van der Waals surface area contributed by atoms with Crippen LogP contribution in [-0.2, 0) is 0 Å². The summed E-state index contributed by atoms with van der Waals surface area (Å²) in [6.45, 7) is 7.38. The predicted octanol–water partition coefficient (Wildman–Crippen LogP) is 0.925. The van der Waals surface area contributed by atoms with E-state index in [-0.39, 0.29) is 18.6 Å². The molecule has 18 heavy (non-hydrogen) atoms. The fourth-order valence-electron chi connectivity index (χ4n) is 1.74. The second-order valence-electron chi connectivity index (χ2n) is 5.65. The maximum atomic E-state index is 11.4. The van der Waals surface area contributed by atoms with Crippen molar-refractivity contribution >= 4 is 11.4 Å². The van der Waals surface area contributed by atoms with Gasteiger partial charge in [0.25, 0.3) is 10.9 Å². The van der Waals surface area contributed by atoms with Crippen LogP contribution in [0.5, 0.6) is 0 Å². The number of hydrogen-bond acceptors (Lipinski definition) is 5. The van der Waals surface area contributed by atoms with Crippen molar-refractivity contribution in [1.29, 1.82) is 0 Å². The SMILES string of the molecule is CC(C)(C)CCCNc1c(NCCO)c(=O)c1=O. The Morgan fingerprint density at radius 3 is 1.94 bits per heavy atom. The van der Waals surface area contributed by atoms with Crippen LogP contribution in [0.2, 0.25) is 0 Å². The molecule has 0 radical (unpaired) electrons. The highest BCUT2D eigenvalue weighted by molar-refractivity contribution is 5.73. The minimum absolute atomic E-state index is 0.0672. The molecule has 5 heteroatoms. The Labute approximate surface area is 107 Å². The molecule has 5 nitrogen and oxygen atoms in total. The van der Waals surface area contributed by atoms with Gasteiger partial charge in [-0.3, -0.25) is 9.59 Å². The van der Waals surface area contributed by atoms with Crippen LogP contribution in [0.4, 0.5) is 11.4 Å². The fraction of sp³-hybridized carbons (Fsp3) is 0.692. The zero-order valence-electron chi connectivity index (χ0n) is 11.3. The van der Waals surface area contributed by atoms with Gasteiger partial charge in [0, 0.05) is 13.1 Å². The second kappa shape index (κ2) is 6.00. The van der Waals surface area contributed by atoms with Gasteiger partial charge in [-0.2, -0.15) is 0 Å². The standard InChI is InChI=1S/C13H22N2O3/c1-13(2,3)5-4-6-14-9-10(15-7-8-16)12(18)11(9)17/h14-16H,4-8H2,1-3H3. The topological polar surface area (TPSA) is 78.4 Å². The van der Waals surface area contributed by atoms with Crippen LogP contribution in [0.15, 0.2) is 9.59 Å². The van der Waals surface area contributed by atoms with Crippen molar-refractivity contribution in [2.75, 3.05) is 30.3 Å². The third-order valence-corrected chi connectivity index (χ3v) is 2.73. The Morgan fingerprint density at radius 1 is 1.00 bits per heavy atom. The van der Waals surface area contributed by atoms with Gasteiger partial charge in [-0.15, -0.1) is 0 Å². The first-order valence-corrected chi connectivity index (χ1v) is 6.29. The van der Waals surface area contributed by atoms with E-state index < -0.39 is 10.9 Å². The van der Waals surface area contributed by atoms with Gasteiger partial charge < -0.3 is 15.7 Å². The number of hydrogen-bond donors (Lipinski definition) is 3. The highest BCUT2D eigenvalue weighted by Crippen LogP contribution is 2.21. The molecule has 0 aromatic heterocycles. The average molecular weight is 254 g/mol. The molecule has 0 aliphatic carbocycles. The number of nitrogens with one attached hydrogen (secondary N) is 2. The molecule has 1 aromatic carbocycles. The van der Waals surface area contributed by atoms with Crippen molar-refractivity contribution in [3.63, 3.8) is 0 Å². The first-order valence-electron chi connectivity index (χ1n) is 6.29. The summed E-state index contributed by atoms with van der Waals surface area (Å²) in [4.78, 5) is 22.6. The van der Waals surface area contributed by atoms with E-state index in [0.29, 0.717) is 17.9 Å². The van der Waals surface area contributed by atoms with Gasteiger partial charge in [-0.1, -0.05) is 20.8 Å². The molecule has 0 saturated heterocycles. The number of rotatable bonds is 7. The molecular weight excluding hydrogens is 232 g/mol. The molecule has 0 aliphatic heterocycles. The van der Waals surface area contributed by atoms with E-state index in [4.69, 9.17) is 5.11 Å². The summed E-state index contributed by atoms with van der Waals surface area (Å²) in [5, 5.41) is 14.4. The molecule has 0 unspecified atom stereocenters. The molecule has 0 spiro atoms. The zero-order chi connectivity index (χ0) is 13.8. The highest BCUT2D eigenvalue weighted by atomic mass is 16.3. The third kappa shape index (κ3) is 3.84. The van der Waals surface area contributed by atoms with Crippen LogP contribution in [0, 0.1) is 5.41 Å². The minimum atomic E-state index is -0.498. The van der Waals surface area contributed by atoms with Gasteiger partial charge in [0.1, 0.15) is 11.4 Å². The molecule has 0 atom stereocenters. The first kappa shape index (κ1) is 14.7. The summed E-state index contributed by atoms with van der Waals surface area (Å²) in [6.07, 6.45) is 2.00. The number of aliphatic hydroxyl groups excluding tert-OH is 1. The summed E-state index contributed by atoms with van der Waals surface area (Å²) in [7, 11) is 0. The molecule has 0 saturated carbocycles. The Hall–Kier alpha value is -1.36. The highest BCUT2D eigenvalue weighted by Gasteiger charge is 2.20. The Balaban J connectivity index is 2.45. The molecule has 102 valence electrons. The largest absolute Gasteiger partial charge is 0.395 e. The average Bonchev–Trinajstić information content (AvgIpc) is 2.29. The monoisotopic (exact) mass is 254 g/mol. The number of anilines is 2. The van der Waals surface area contributed by atoms with Gasteiger partial charge in [-0.05, 0) is 18.3 Å². The van der Waals surface area contributed by atoms with Crippen LogP contribution in [0.3, 0.4) is 0 Å². The van der Waals surface area contributed by atoms with Crippen LogP contribution < -0.4 is 21.5 Å². The van der Waals surface area contributed by atoms with Crippen LogP contribution >= 0.6 is 0 Å². The van der Waals surface area contributed by atoms with Crippen molar-refractivity contribution in [3.8, 4) is 0 Å². The van der Waals surface area contributed by atoms with Gasteiger partial charge >= 0.3 is 0 Å². The maximum Gasteiger partial charge on any atom is 0.253 e. The lowest BCUT2D eigenvalue weighted by molar-refractivity contribution is 0.311. The summed E-state index contributed by atoms with van der Waals surface area (Å²) >= 11 is 0. The summed E-state index contributed by atoms with van der Waals surface area (Å²) in [5.74, 6) is 0. The fourth-order valence-corrected chi connectivity index (χ4v) is 1.74. The number of aliphatic hydroxyl groups is 1. The van der Waals surface area contributed by atoms with Crippen molar-refractivity contribution in [1.82, 2.24) is 0 Å². The minimum Gasteiger partial charge on any atom is -0.395 e. The van der Waals surface area contributed by atoms with Gasteiger partial charge in [-0.25, -0.2) is 0 Å². The summed E-state index contributed by atoms with van der Waals surface area (Å²) in [5.41, 5.74) is -0.0202. The normalized spacial score (nSPS) is 11.8. The van der Waals surface area contributed by atoms with E-state index in [1.165, 1.54) is 0 Å². The molecule has 3 N–H and O–H groups in total. The Kier molecular flexibility index (Phi) is 4.90. The van der Waals surface area contributed by atoms with E-state index >= 15 is 0 Å². The summed E-state index contributed by atoms with van der Waals surface area (Å²) < 4.78 is 0. The predicted molar refractivity (Wildman–Crippen MR) is 74.1 cm³/mol. The van der Waals surface area contributed by atoms with E-state index in [1.54, 1.807) is 0 Å². The molecule has 1 rings (SSSR count). The van der Waals surface area contributed by atoms with Crippen molar-refractivity contribution in [2.45, 2.75) is 33.6 Å². The van der Waals surface area contributed by atoms with E-state index in [1.807, 2.05) is 0 Å². The summed E-state index contributed by atoms with van der Waals surface area (Å²) in [6, 6.07) is 0. The Bertz CT molecular complexity index is 453. The van der Waals surface area contributed by atoms with Gasteiger partial charge in [0.2, 0.25) is 0 Å². The van der Waals surface area contributed by atoms with Crippen LogP contribution in [-0.4, -0.2) is 24.8 Å². The quantitative estimate of drug-likeness (QED) is 0.498. The molecular formula is C13H22N2O3. The van der Waals surface area contributed by atoms with Crippen LogP contribution in [0.25, 0.3) is 0 Å². The van der Waals surface area contributed by atoms with Crippen molar-refractivity contribution in [3.05, 3.63) is 20.4 Å². The van der Waals surface area contributed by atoms with E-state index in [9.17, 15) is 9.59 Å². The lowest BCUT2D eigenvalue weighted by Gasteiger charge is -2.19. The third-order valence-electron chi connectivity index (χ3n) is 2.73. The lowest BCUT2D eigenvalue weighted by atomic mass is 9.90. The van der Waals surface area contributed by atoms with E-state index in [2.05, 4.69) is 31.4 Å². The molecule has 0 bridgehead atoms. The molecule has 0 heterocycles. The molecule has 0 amide bonds. The van der Waals surface area contributed by atoms with Gasteiger partial charge in [0.05, 0.1) is 6.61 Å². The first-order chi connectivity index (χ1) is 8.37. The van der Waals surface area contributed by atoms with E-state index in [0.717, 1.165) is 12.8 Å². The van der Waals surface area contributed by atoms with Gasteiger partial charge in [0.15, 0.2) is 0 Å². The maximum absolute atomic E-state index is 11.4. The van der Waals surface area contributed by atoms with Crippen molar-refractivity contribution in [2.24, 2.45) is 5.41 Å². The second-order valence-corrected chi connectivity index (χ2v) is 5.65. The smallest absolute Gasteiger partial charge is 0.253 e. The zero-order valence-corrected chi connectivity index (χ0v) is 11.3. The lowest BCUT2D eigenvalue weighted by Crippen LogP contribution is -2.38. The molecule has 0 aliphatic rings.